The molecule has 342 valence electrons. The highest BCUT2D eigenvalue weighted by Gasteiger charge is 2.27. The molecule has 0 unspecified atom stereocenters. The van der Waals surface area contributed by atoms with Crippen molar-refractivity contribution >= 4 is 35.3 Å². The molecule has 64 heavy (non-hydrogen) atoms. The molecule has 0 saturated heterocycles. The normalized spacial score (nSPS) is 12.8. The topological polar surface area (TPSA) is 124 Å². The average molecular weight is 875 g/mol. The first-order valence-corrected chi connectivity index (χ1v) is 22.3. The number of fused-ring (bicyclic) bond motifs is 1. The Morgan fingerprint density at radius 2 is 1.19 bits per heavy atom. The van der Waals surface area contributed by atoms with Gasteiger partial charge < -0.3 is 28.4 Å². The van der Waals surface area contributed by atoms with Gasteiger partial charge in [0.2, 0.25) is 0 Å². The number of esters is 2. The van der Waals surface area contributed by atoms with Gasteiger partial charge >= 0.3 is 11.9 Å². The van der Waals surface area contributed by atoms with Crippen LogP contribution in [0.15, 0.2) is 127 Å². The molecule has 1 fully saturated rings. The summed E-state index contributed by atoms with van der Waals surface area (Å²) >= 11 is 0. The number of ether oxygens (including phenoxy) is 6. The second kappa shape index (κ2) is 29.0. The van der Waals surface area contributed by atoms with E-state index in [2.05, 4.69) is 19.7 Å². The van der Waals surface area contributed by atoms with Crippen molar-refractivity contribution in [3.05, 3.63) is 149 Å². The van der Waals surface area contributed by atoms with Crippen molar-refractivity contribution in [3.63, 3.8) is 0 Å². The first-order chi connectivity index (χ1) is 31.1. The van der Waals surface area contributed by atoms with Crippen LogP contribution in [0.1, 0.15) is 130 Å². The van der Waals surface area contributed by atoms with Gasteiger partial charge in [-0.25, -0.2) is 9.59 Å². The van der Waals surface area contributed by atoms with E-state index in [-0.39, 0.29) is 17.7 Å². The molecule has 10 nitrogen and oxygen atoms in total. The van der Waals surface area contributed by atoms with Crippen molar-refractivity contribution < 1.29 is 47.6 Å². The summed E-state index contributed by atoms with van der Waals surface area (Å²) in [7, 11) is 1.61. The summed E-state index contributed by atoms with van der Waals surface area (Å²) in [5, 5.41) is 0. The summed E-state index contributed by atoms with van der Waals surface area (Å²) in [5.74, 6) is 2.99. The van der Waals surface area contributed by atoms with E-state index in [1.165, 1.54) is 17.7 Å². The van der Waals surface area contributed by atoms with Crippen LogP contribution in [-0.2, 0) is 23.8 Å². The number of methoxy groups -OCH3 is 1. The van der Waals surface area contributed by atoms with E-state index in [0.717, 1.165) is 116 Å². The van der Waals surface area contributed by atoms with E-state index in [4.69, 9.17) is 28.4 Å². The van der Waals surface area contributed by atoms with Gasteiger partial charge in [0.15, 0.2) is 5.78 Å². The monoisotopic (exact) mass is 874 g/mol. The zero-order valence-electron chi connectivity index (χ0n) is 38.5. The van der Waals surface area contributed by atoms with Crippen molar-refractivity contribution in [3.8, 4) is 17.2 Å². The molecule has 0 aromatic heterocycles. The predicted molar refractivity (Wildman–Crippen MR) is 255 cm³/mol. The summed E-state index contributed by atoms with van der Waals surface area (Å²) in [4.78, 5) is 45.7. The number of Topliss-reactive ketones (excluding diaryl/α,β-unsaturated/α-hetero) is 1. The van der Waals surface area contributed by atoms with Crippen LogP contribution in [0.5, 0.6) is 17.2 Å². The Hall–Kier alpha value is -6.42. The summed E-state index contributed by atoms with van der Waals surface area (Å²) in [6.07, 6.45) is 15.7. The lowest BCUT2D eigenvalue weighted by molar-refractivity contribution is -0.138. The second-order valence-electron chi connectivity index (χ2n) is 14.9. The van der Waals surface area contributed by atoms with Gasteiger partial charge in [0.25, 0.3) is 0 Å². The summed E-state index contributed by atoms with van der Waals surface area (Å²) < 4.78 is 33.1. The molecule has 0 atom stereocenters. The van der Waals surface area contributed by atoms with Crippen LogP contribution in [0.3, 0.4) is 0 Å². The maximum absolute atomic E-state index is 13.4. The smallest absolute Gasteiger partial charge is 0.330 e. The molecular weight excluding hydrogens is 809 g/mol. The Labute approximate surface area is 380 Å². The van der Waals surface area contributed by atoms with E-state index in [1.54, 1.807) is 43.5 Å². The van der Waals surface area contributed by atoms with E-state index in [9.17, 15) is 19.2 Å². The predicted octanol–water partition coefficient (Wildman–Crippen LogP) is 12.6. The fourth-order valence-corrected chi connectivity index (χ4v) is 6.57. The lowest BCUT2D eigenvalue weighted by Gasteiger charge is -2.24. The van der Waals surface area contributed by atoms with Crippen LogP contribution in [0.25, 0.3) is 11.3 Å². The highest BCUT2D eigenvalue weighted by Crippen LogP contribution is 2.39. The van der Waals surface area contributed by atoms with Crippen LogP contribution in [0, 0.1) is 0 Å². The quantitative estimate of drug-likeness (QED) is 0.0282. The number of hydrogen-bond donors (Lipinski definition) is 0. The maximum atomic E-state index is 13.4. The van der Waals surface area contributed by atoms with Crippen molar-refractivity contribution in [2.24, 2.45) is 0 Å². The molecule has 5 rings (SSSR count). The van der Waals surface area contributed by atoms with E-state index < -0.39 is 0 Å². The fourth-order valence-electron chi connectivity index (χ4n) is 6.57. The van der Waals surface area contributed by atoms with E-state index >= 15 is 0 Å². The van der Waals surface area contributed by atoms with Gasteiger partial charge in [-0.15, -0.1) is 0 Å². The molecule has 2 aliphatic carbocycles. The molecule has 0 radical (unpaired) electrons. The van der Waals surface area contributed by atoms with E-state index in [1.807, 2.05) is 64.1 Å². The number of carbonyl (C=O) groups is 4. The van der Waals surface area contributed by atoms with Crippen LogP contribution >= 0.6 is 0 Å². The van der Waals surface area contributed by atoms with Crippen LogP contribution in [0.2, 0.25) is 0 Å². The lowest BCUT2D eigenvalue weighted by Crippen LogP contribution is -2.14. The Bertz CT molecular complexity index is 2110. The van der Waals surface area contributed by atoms with Crippen molar-refractivity contribution in [2.75, 3.05) is 33.5 Å². The third-order valence-electron chi connectivity index (χ3n) is 10.4. The average Bonchev–Trinajstić information content (AvgIpc) is 3.31. The standard InChI is InChI=1S/C36H40O6.C16H20O4.C2H6/c1-6-34(37)41-21-10-8-7-9-20-40-29-16-14-28(15-17-29)36(27-12-11-13-27)42-24(2)22-33-26(4)25(3)32-23-30(39-5)18-19-31(32)35(33)38;1-2-16(18)20-12-6-4-3-5-11-19-15-9-7-14(13-17)8-10-15;1-2/h6,14-19,22-23H,1,3,7-13,20-21H2,2,4-5H3;2,7-10,13H,1,3-6,11-12H2;1-2H3/b24-22+;;. The van der Waals surface area contributed by atoms with Crippen LogP contribution < -0.4 is 14.2 Å². The second-order valence-corrected chi connectivity index (χ2v) is 14.9. The minimum absolute atomic E-state index is 0.0454. The number of benzene rings is 3. The Kier molecular flexibility index (Phi) is 23.6. The molecule has 2 aliphatic rings. The van der Waals surface area contributed by atoms with Gasteiger partial charge in [-0.1, -0.05) is 33.6 Å². The molecule has 0 heterocycles. The molecule has 10 heteroatoms. The molecule has 0 N–H and O–H groups in total. The number of rotatable bonds is 24. The molecule has 0 spiro atoms. The Morgan fingerprint density at radius 1 is 0.688 bits per heavy atom. The van der Waals surface area contributed by atoms with Gasteiger partial charge in [-0.05, 0) is 180 Å². The van der Waals surface area contributed by atoms with Gasteiger partial charge in [0.05, 0.1) is 33.5 Å². The van der Waals surface area contributed by atoms with Crippen molar-refractivity contribution in [2.45, 2.75) is 98.3 Å². The largest absolute Gasteiger partial charge is 0.497 e. The SMILES string of the molecule is C=CC(=O)OCCCCCCOc1ccc(C(O/C(C)=C/C2=C(C)C(=C)c3cc(OC)ccc3C2=O)=C2CCC2)cc1.C=CC(=O)OCCCCCCOc1ccc(C=O)cc1.CC. The molecule has 0 amide bonds. The molecule has 0 aliphatic heterocycles. The molecule has 1 saturated carbocycles. The Morgan fingerprint density at radius 3 is 1.66 bits per heavy atom. The highest BCUT2D eigenvalue weighted by molar-refractivity contribution is 6.18. The van der Waals surface area contributed by atoms with Gasteiger partial charge in [0.1, 0.15) is 35.1 Å². The first-order valence-electron chi connectivity index (χ1n) is 22.3. The van der Waals surface area contributed by atoms with Crippen LogP contribution in [-0.4, -0.2) is 57.5 Å². The lowest BCUT2D eigenvalue weighted by atomic mass is 9.82. The van der Waals surface area contributed by atoms with Crippen LogP contribution in [0.4, 0.5) is 0 Å². The van der Waals surface area contributed by atoms with E-state index in [0.29, 0.717) is 54.6 Å². The first kappa shape index (κ1) is 51.9. The van der Waals surface area contributed by atoms with Gasteiger partial charge in [-0.3, -0.25) is 9.59 Å². The maximum Gasteiger partial charge on any atom is 0.330 e. The molecular formula is C54H66O10. The van der Waals surface area contributed by atoms with Crippen molar-refractivity contribution in [1.29, 1.82) is 0 Å². The Balaban J connectivity index is 0.000000415. The zero-order valence-corrected chi connectivity index (χ0v) is 38.5. The third kappa shape index (κ3) is 17.0. The summed E-state index contributed by atoms with van der Waals surface area (Å²) in [6, 6.07) is 20.5. The molecule has 3 aromatic rings. The molecule has 3 aromatic carbocycles. The summed E-state index contributed by atoms with van der Waals surface area (Å²) in [6.45, 7) is 20.9. The number of allylic oxidation sites excluding steroid dienone is 6. The zero-order chi connectivity index (χ0) is 46.7. The fraction of sp³-hybridized carbons (Fsp3) is 0.370. The summed E-state index contributed by atoms with van der Waals surface area (Å²) in [5.41, 5.74) is 6.57. The minimum atomic E-state index is -0.375. The molecule has 0 bridgehead atoms. The number of carbonyl (C=O) groups excluding carboxylic acids is 4. The number of unbranched alkanes of at least 4 members (excludes halogenated alkanes) is 6. The highest BCUT2D eigenvalue weighted by atomic mass is 16.5. The number of ketones is 1. The third-order valence-corrected chi connectivity index (χ3v) is 10.4. The van der Waals surface area contributed by atoms with Crippen molar-refractivity contribution in [1.82, 2.24) is 0 Å². The van der Waals surface area contributed by atoms with Gasteiger partial charge in [0, 0.05) is 34.4 Å². The van der Waals surface area contributed by atoms with Gasteiger partial charge in [-0.2, -0.15) is 0 Å². The minimum Gasteiger partial charge on any atom is -0.497 e. The number of aldehydes is 1. The number of hydrogen-bond acceptors (Lipinski definition) is 10.